The average molecular weight is 318 g/mol. The number of aromatic amines is 1. The van der Waals surface area contributed by atoms with Crippen LogP contribution in [0.2, 0.25) is 0 Å². The highest BCUT2D eigenvalue weighted by Gasteiger charge is 2.15. The number of aryl methyl sites for hydroxylation is 2. The summed E-state index contributed by atoms with van der Waals surface area (Å²) in [6.45, 7) is 4.89. The Morgan fingerprint density at radius 2 is 2.04 bits per heavy atom. The third kappa shape index (κ3) is 2.32. The Hall–Kier alpha value is -3.15. The molecule has 0 bridgehead atoms. The van der Waals surface area contributed by atoms with Crippen LogP contribution in [0, 0.1) is 6.92 Å². The van der Waals surface area contributed by atoms with Crippen molar-refractivity contribution in [1.82, 2.24) is 24.7 Å². The Morgan fingerprint density at radius 1 is 1.17 bits per heavy atom. The number of hydrogen-bond donors (Lipinski definition) is 2. The molecular formula is C18H18N6. The summed E-state index contributed by atoms with van der Waals surface area (Å²) >= 11 is 0. The molecule has 6 heteroatoms. The van der Waals surface area contributed by atoms with Crippen molar-refractivity contribution >= 4 is 16.9 Å². The molecule has 0 aliphatic carbocycles. The van der Waals surface area contributed by atoms with Crippen molar-refractivity contribution in [2.45, 2.75) is 20.4 Å². The highest BCUT2D eigenvalue weighted by atomic mass is 15.3. The van der Waals surface area contributed by atoms with E-state index in [-0.39, 0.29) is 0 Å². The van der Waals surface area contributed by atoms with E-state index >= 15 is 0 Å². The third-order valence-corrected chi connectivity index (χ3v) is 4.08. The van der Waals surface area contributed by atoms with Crippen LogP contribution in [-0.4, -0.2) is 24.7 Å². The predicted octanol–water partition coefficient (Wildman–Crippen LogP) is 3.40. The van der Waals surface area contributed by atoms with Crippen LogP contribution in [0.15, 0.2) is 42.6 Å². The average Bonchev–Trinajstić information content (AvgIpc) is 3.17. The number of pyridine rings is 1. The van der Waals surface area contributed by atoms with E-state index < -0.39 is 0 Å². The number of anilines is 1. The van der Waals surface area contributed by atoms with Gasteiger partial charge >= 0.3 is 0 Å². The summed E-state index contributed by atoms with van der Waals surface area (Å²) in [6, 6.07) is 12.1. The number of aromatic nitrogens is 5. The first kappa shape index (κ1) is 14.4. The zero-order valence-electron chi connectivity index (χ0n) is 13.6. The van der Waals surface area contributed by atoms with E-state index in [1.54, 1.807) is 0 Å². The number of benzene rings is 1. The molecule has 3 aromatic heterocycles. The monoisotopic (exact) mass is 318 g/mol. The molecule has 0 spiro atoms. The molecular weight excluding hydrogens is 300 g/mol. The SMILES string of the molecule is CCn1ncc2cc(-c3nc(N)[nH]c3-c3cccc(C)n3)ccc21. The topological polar surface area (TPSA) is 85.4 Å². The smallest absolute Gasteiger partial charge is 0.198 e. The van der Waals surface area contributed by atoms with Crippen LogP contribution in [0.4, 0.5) is 5.95 Å². The second-order valence-electron chi connectivity index (χ2n) is 5.74. The normalized spacial score (nSPS) is 11.2. The minimum absolute atomic E-state index is 0.382. The number of fused-ring (bicyclic) bond motifs is 1. The molecule has 120 valence electrons. The maximum atomic E-state index is 5.92. The maximum absolute atomic E-state index is 5.92. The first-order valence-electron chi connectivity index (χ1n) is 7.91. The van der Waals surface area contributed by atoms with Crippen LogP contribution in [0.5, 0.6) is 0 Å². The lowest BCUT2D eigenvalue weighted by atomic mass is 10.1. The molecule has 24 heavy (non-hydrogen) atoms. The molecule has 0 aliphatic rings. The number of nitrogen functional groups attached to an aromatic ring is 1. The van der Waals surface area contributed by atoms with Gasteiger partial charge in [-0.2, -0.15) is 5.10 Å². The van der Waals surface area contributed by atoms with Gasteiger partial charge in [0, 0.05) is 23.2 Å². The van der Waals surface area contributed by atoms with Gasteiger partial charge < -0.3 is 10.7 Å². The molecule has 0 fully saturated rings. The van der Waals surface area contributed by atoms with E-state index in [2.05, 4.69) is 39.1 Å². The Morgan fingerprint density at radius 3 is 2.83 bits per heavy atom. The number of H-pyrrole nitrogens is 1. The summed E-state index contributed by atoms with van der Waals surface area (Å²) in [5.41, 5.74) is 11.4. The van der Waals surface area contributed by atoms with Crippen molar-refractivity contribution in [2.24, 2.45) is 0 Å². The van der Waals surface area contributed by atoms with Crippen molar-refractivity contribution in [1.29, 1.82) is 0 Å². The fourth-order valence-electron chi connectivity index (χ4n) is 2.95. The summed E-state index contributed by atoms with van der Waals surface area (Å²) < 4.78 is 1.97. The zero-order valence-corrected chi connectivity index (χ0v) is 13.6. The molecule has 0 saturated carbocycles. The molecule has 0 aliphatic heterocycles. The van der Waals surface area contributed by atoms with Gasteiger partial charge in [0.15, 0.2) is 5.95 Å². The number of nitrogens with one attached hydrogen (secondary N) is 1. The molecule has 1 aromatic carbocycles. The largest absolute Gasteiger partial charge is 0.369 e. The molecule has 0 unspecified atom stereocenters. The Bertz CT molecular complexity index is 1030. The van der Waals surface area contributed by atoms with E-state index in [0.29, 0.717) is 5.95 Å². The van der Waals surface area contributed by atoms with Crippen LogP contribution in [-0.2, 0) is 6.54 Å². The molecule has 3 N–H and O–H groups in total. The van der Waals surface area contributed by atoms with Crippen LogP contribution in [0.1, 0.15) is 12.6 Å². The van der Waals surface area contributed by atoms with E-state index in [0.717, 1.165) is 45.8 Å². The second kappa shape index (κ2) is 5.49. The van der Waals surface area contributed by atoms with Gasteiger partial charge in [-0.05, 0) is 38.1 Å². The number of imidazole rings is 1. The summed E-state index contributed by atoms with van der Waals surface area (Å²) in [4.78, 5) is 12.2. The van der Waals surface area contributed by atoms with Gasteiger partial charge in [0.25, 0.3) is 0 Å². The van der Waals surface area contributed by atoms with Crippen molar-refractivity contribution in [3.63, 3.8) is 0 Å². The van der Waals surface area contributed by atoms with Gasteiger partial charge in [-0.15, -0.1) is 0 Å². The highest BCUT2D eigenvalue weighted by molar-refractivity contribution is 5.87. The quantitative estimate of drug-likeness (QED) is 0.606. The van der Waals surface area contributed by atoms with E-state index in [1.807, 2.05) is 42.1 Å². The fourth-order valence-corrected chi connectivity index (χ4v) is 2.95. The van der Waals surface area contributed by atoms with Gasteiger partial charge in [-0.25, -0.2) is 4.98 Å². The Labute approximate surface area is 139 Å². The molecule has 0 saturated heterocycles. The zero-order chi connectivity index (χ0) is 16.7. The maximum Gasteiger partial charge on any atom is 0.198 e. The lowest BCUT2D eigenvalue weighted by Gasteiger charge is -2.04. The first-order chi connectivity index (χ1) is 11.7. The molecule has 0 amide bonds. The van der Waals surface area contributed by atoms with E-state index in [1.165, 1.54) is 0 Å². The molecule has 0 atom stereocenters. The van der Waals surface area contributed by atoms with Crippen LogP contribution >= 0.6 is 0 Å². The minimum atomic E-state index is 0.382. The number of nitrogens with zero attached hydrogens (tertiary/aromatic N) is 4. The Kier molecular flexibility index (Phi) is 3.30. The van der Waals surface area contributed by atoms with Crippen molar-refractivity contribution in [2.75, 3.05) is 5.73 Å². The van der Waals surface area contributed by atoms with Crippen LogP contribution < -0.4 is 5.73 Å². The minimum Gasteiger partial charge on any atom is -0.369 e. The molecule has 3 heterocycles. The summed E-state index contributed by atoms with van der Waals surface area (Å²) in [6.07, 6.45) is 1.88. The molecule has 6 nitrogen and oxygen atoms in total. The van der Waals surface area contributed by atoms with E-state index in [9.17, 15) is 0 Å². The molecule has 4 aromatic rings. The van der Waals surface area contributed by atoms with Crippen LogP contribution in [0.3, 0.4) is 0 Å². The highest BCUT2D eigenvalue weighted by Crippen LogP contribution is 2.31. The summed E-state index contributed by atoms with van der Waals surface area (Å²) in [5, 5.41) is 5.48. The third-order valence-electron chi connectivity index (χ3n) is 4.08. The van der Waals surface area contributed by atoms with Gasteiger partial charge in [0.2, 0.25) is 0 Å². The summed E-state index contributed by atoms with van der Waals surface area (Å²) in [5.74, 6) is 0.382. The molecule has 4 rings (SSSR count). The summed E-state index contributed by atoms with van der Waals surface area (Å²) in [7, 11) is 0. The second-order valence-corrected chi connectivity index (χ2v) is 5.74. The molecule has 0 radical (unpaired) electrons. The van der Waals surface area contributed by atoms with Gasteiger partial charge in [-0.1, -0.05) is 12.1 Å². The standard InChI is InChI=1S/C18H18N6/c1-3-24-15-8-7-12(9-13(15)10-20-24)16-17(23-18(19)22-16)14-6-4-5-11(2)21-14/h4-10H,3H2,1-2H3,(H3,19,22,23). The predicted molar refractivity (Wildman–Crippen MR) is 95.4 cm³/mol. The van der Waals surface area contributed by atoms with Gasteiger partial charge in [0.05, 0.1) is 28.8 Å². The number of nitrogens with two attached hydrogens (primary N) is 1. The lowest BCUT2D eigenvalue weighted by Crippen LogP contribution is -1.95. The number of rotatable bonds is 3. The van der Waals surface area contributed by atoms with E-state index in [4.69, 9.17) is 5.73 Å². The van der Waals surface area contributed by atoms with Crippen molar-refractivity contribution in [3.05, 3.63) is 48.3 Å². The lowest BCUT2D eigenvalue weighted by molar-refractivity contribution is 0.684. The first-order valence-corrected chi connectivity index (χ1v) is 7.91. The Balaban J connectivity index is 1.88. The fraction of sp³-hybridized carbons (Fsp3) is 0.167. The number of hydrogen-bond acceptors (Lipinski definition) is 4. The van der Waals surface area contributed by atoms with Gasteiger partial charge in [0.1, 0.15) is 0 Å². The van der Waals surface area contributed by atoms with Crippen molar-refractivity contribution in [3.8, 4) is 22.6 Å². The van der Waals surface area contributed by atoms with Crippen molar-refractivity contribution < 1.29 is 0 Å². The van der Waals surface area contributed by atoms with Crippen LogP contribution in [0.25, 0.3) is 33.5 Å². The van der Waals surface area contributed by atoms with Gasteiger partial charge in [-0.3, -0.25) is 9.67 Å².